The van der Waals surface area contributed by atoms with Crippen molar-refractivity contribution in [1.29, 1.82) is 0 Å². The highest BCUT2D eigenvalue weighted by molar-refractivity contribution is 7.12. The van der Waals surface area contributed by atoms with Crippen LogP contribution in [0.25, 0.3) is 10.9 Å². The molecule has 0 unspecified atom stereocenters. The maximum absolute atomic E-state index is 13.0. The van der Waals surface area contributed by atoms with Crippen molar-refractivity contribution in [2.75, 3.05) is 13.2 Å². The van der Waals surface area contributed by atoms with Crippen LogP contribution in [0.2, 0.25) is 0 Å². The van der Waals surface area contributed by atoms with Crippen molar-refractivity contribution in [1.82, 2.24) is 15.6 Å². The largest absolute Gasteiger partial charge is 0.494 e. The van der Waals surface area contributed by atoms with E-state index in [9.17, 15) is 9.59 Å². The minimum Gasteiger partial charge on any atom is -0.494 e. The first-order valence-electron chi connectivity index (χ1n) is 11.1. The summed E-state index contributed by atoms with van der Waals surface area (Å²) < 4.78 is 5.69. The summed E-state index contributed by atoms with van der Waals surface area (Å²) in [5.41, 5.74) is 2.00. The predicted molar refractivity (Wildman–Crippen MR) is 132 cm³/mol. The van der Waals surface area contributed by atoms with E-state index in [1.165, 1.54) is 11.3 Å². The average Bonchev–Trinajstić information content (AvgIpc) is 3.52. The number of carbonyl (C=O) groups is 2. The van der Waals surface area contributed by atoms with Crippen LogP contribution in [0, 0.1) is 0 Å². The number of amides is 2. The first kappa shape index (κ1) is 22.6. The minimum atomic E-state index is -0.667. The summed E-state index contributed by atoms with van der Waals surface area (Å²) in [7, 11) is 0. The minimum absolute atomic E-state index is 0.186. The Hall–Kier alpha value is -3.58. The highest BCUT2D eigenvalue weighted by atomic mass is 32.1. The van der Waals surface area contributed by atoms with E-state index < -0.39 is 6.04 Å². The van der Waals surface area contributed by atoms with Gasteiger partial charge in [-0.25, -0.2) is 0 Å². The Labute approximate surface area is 197 Å². The van der Waals surface area contributed by atoms with Gasteiger partial charge in [-0.2, -0.15) is 0 Å². The summed E-state index contributed by atoms with van der Waals surface area (Å²) in [4.78, 5) is 29.5. The van der Waals surface area contributed by atoms with Crippen molar-refractivity contribution in [2.45, 2.75) is 25.3 Å². The number of thiophene rings is 1. The van der Waals surface area contributed by atoms with Crippen LogP contribution in [0.15, 0.2) is 78.3 Å². The van der Waals surface area contributed by atoms with Crippen LogP contribution in [0.1, 0.15) is 28.1 Å². The van der Waals surface area contributed by atoms with E-state index in [1.807, 2.05) is 72.2 Å². The lowest BCUT2D eigenvalue weighted by Crippen LogP contribution is -2.48. The highest BCUT2D eigenvalue weighted by Gasteiger charge is 2.23. The maximum atomic E-state index is 13.0. The quantitative estimate of drug-likeness (QED) is 0.287. The Kier molecular flexibility index (Phi) is 7.76. The lowest BCUT2D eigenvalue weighted by atomic mass is 10.0. The Balaban J connectivity index is 1.33. The van der Waals surface area contributed by atoms with Crippen LogP contribution < -0.4 is 15.4 Å². The first-order chi connectivity index (χ1) is 16.2. The average molecular weight is 462 g/mol. The van der Waals surface area contributed by atoms with E-state index in [1.54, 1.807) is 6.07 Å². The third-order valence-corrected chi connectivity index (χ3v) is 6.22. The first-order valence-corrected chi connectivity index (χ1v) is 11.9. The molecule has 170 valence electrons. The van der Waals surface area contributed by atoms with Crippen LogP contribution in [0.5, 0.6) is 5.75 Å². The number of aromatic amines is 1. The number of nitrogens with one attached hydrogen (secondary N) is 3. The lowest BCUT2D eigenvalue weighted by molar-refractivity contribution is -0.122. The lowest BCUT2D eigenvalue weighted by Gasteiger charge is -2.18. The number of benzene rings is 2. The van der Waals surface area contributed by atoms with E-state index >= 15 is 0 Å². The Bertz CT molecular complexity index is 1170. The predicted octanol–water partition coefficient (Wildman–Crippen LogP) is 4.55. The van der Waals surface area contributed by atoms with Gasteiger partial charge in [0.25, 0.3) is 5.91 Å². The Morgan fingerprint density at radius 1 is 0.970 bits per heavy atom. The molecular formula is C26H27N3O3S. The number of H-pyrrole nitrogens is 1. The zero-order chi connectivity index (χ0) is 22.9. The summed E-state index contributed by atoms with van der Waals surface area (Å²) in [6.45, 7) is 1.12. The molecule has 3 N–H and O–H groups in total. The summed E-state index contributed by atoms with van der Waals surface area (Å²) in [5.74, 6) is 0.423. The normalized spacial score (nSPS) is 11.8. The van der Waals surface area contributed by atoms with E-state index in [4.69, 9.17) is 4.74 Å². The zero-order valence-electron chi connectivity index (χ0n) is 18.3. The fraction of sp³-hybridized carbons (Fsp3) is 0.231. The Morgan fingerprint density at radius 2 is 1.79 bits per heavy atom. The SMILES string of the molecule is O=C(N[C@@H](Cc1c[nH]c2ccccc12)C(=O)NCCCCOc1ccccc1)c1cccs1. The smallest absolute Gasteiger partial charge is 0.262 e. The molecule has 0 saturated carbocycles. The molecule has 1 atom stereocenters. The number of hydrogen-bond acceptors (Lipinski definition) is 4. The molecule has 2 aromatic carbocycles. The molecule has 0 aliphatic heterocycles. The molecule has 0 spiro atoms. The van der Waals surface area contributed by atoms with Crippen LogP contribution in [0.3, 0.4) is 0 Å². The Morgan fingerprint density at radius 3 is 2.61 bits per heavy atom. The second kappa shape index (κ2) is 11.3. The highest BCUT2D eigenvalue weighted by Crippen LogP contribution is 2.19. The van der Waals surface area contributed by atoms with E-state index in [0.717, 1.165) is 35.1 Å². The van der Waals surface area contributed by atoms with Gasteiger partial charge >= 0.3 is 0 Å². The van der Waals surface area contributed by atoms with Crippen LogP contribution in [-0.2, 0) is 11.2 Å². The van der Waals surface area contributed by atoms with Crippen molar-refractivity contribution in [3.63, 3.8) is 0 Å². The van der Waals surface area contributed by atoms with Gasteiger partial charge in [0, 0.05) is 30.1 Å². The van der Waals surface area contributed by atoms with Gasteiger partial charge in [-0.15, -0.1) is 11.3 Å². The van der Waals surface area contributed by atoms with Gasteiger partial charge in [0.2, 0.25) is 5.91 Å². The molecule has 6 nitrogen and oxygen atoms in total. The van der Waals surface area contributed by atoms with Crippen LogP contribution in [-0.4, -0.2) is 36.0 Å². The molecule has 2 aromatic heterocycles. The number of aromatic nitrogens is 1. The van der Waals surface area contributed by atoms with Crippen molar-refractivity contribution in [2.24, 2.45) is 0 Å². The number of unbranched alkanes of at least 4 members (excludes halogenated alkanes) is 1. The van der Waals surface area contributed by atoms with Crippen molar-refractivity contribution < 1.29 is 14.3 Å². The topological polar surface area (TPSA) is 83.2 Å². The molecule has 7 heteroatoms. The van der Waals surface area contributed by atoms with E-state index in [-0.39, 0.29) is 11.8 Å². The fourth-order valence-corrected chi connectivity index (χ4v) is 4.26. The van der Waals surface area contributed by atoms with Crippen molar-refractivity contribution in [3.8, 4) is 5.75 Å². The van der Waals surface area contributed by atoms with Gasteiger partial charge in [0.1, 0.15) is 11.8 Å². The van der Waals surface area contributed by atoms with E-state index in [2.05, 4.69) is 15.6 Å². The molecule has 33 heavy (non-hydrogen) atoms. The van der Waals surface area contributed by atoms with E-state index in [0.29, 0.717) is 24.4 Å². The third-order valence-electron chi connectivity index (χ3n) is 5.35. The third kappa shape index (κ3) is 6.23. The van der Waals surface area contributed by atoms with Crippen molar-refractivity contribution >= 4 is 34.1 Å². The maximum Gasteiger partial charge on any atom is 0.262 e. The standard InChI is InChI=1S/C26H27N3O3S/c30-25(27-14-6-7-15-32-20-9-2-1-3-10-20)23(29-26(31)24-13-8-16-33-24)17-19-18-28-22-12-5-4-11-21(19)22/h1-5,8-13,16,18,23,28H,6-7,14-15,17H2,(H,27,30)(H,29,31)/t23-/m0/s1. The van der Waals surface area contributed by atoms with Crippen LogP contribution in [0.4, 0.5) is 0 Å². The number of fused-ring (bicyclic) bond motifs is 1. The fourth-order valence-electron chi connectivity index (χ4n) is 3.64. The number of rotatable bonds is 11. The summed E-state index contributed by atoms with van der Waals surface area (Å²) in [6, 6.07) is 20.5. The number of hydrogen-bond donors (Lipinski definition) is 3. The van der Waals surface area contributed by atoms with Gasteiger partial charge in [0.15, 0.2) is 0 Å². The second-order valence-corrected chi connectivity index (χ2v) is 8.67. The molecule has 4 aromatic rings. The molecule has 2 amide bonds. The van der Waals surface area contributed by atoms with Gasteiger partial charge in [-0.05, 0) is 48.1 Å². The van der Waals surface area contributed by atoms with Gasteiger partial charge in [-0.1, -0.05) is 42.5 Å². The second-order valence-electron chi connectivity index (χ2n) is 7.73. The molecule has 0 radical (unpaired) electrons. The zero-order valence-corrected chi connectivity index (χ0v) is 19.1. The van der Waals surface area contributed by atoms with Gasteiger partial charge in [-0.3, -0.25) is 9.59 Å². The summed E-state index contributed by atoms with van der Waals surface area (Å²) >= 11 is 1.36. The summed E-state index contributed by atoms with van der Waals surface area (Å²) in [6.07, 6.45) is 3.92. The molecule has 0 bridgehead atoms. The number of carbonyl (C=O) groups excluding carboxylic acids is 2. The molecule has 2 heterocycles. The van der Waals surface area contributed by atoms with Gasteiger partial charge in [0.05, 0.1) is 11.5 Å². The molecule has 0 aliphatic rings. The molecule has 0 aliphatic carbocycles. The molecular weight excluding hydrogens is 434 g/mol. The molecule has 0 fully saturated rings. The van der Waals surface area contributed by atoms with Crippen molar-refractivity contribution in [3.05, 3.63) is 88.7 Å². The number of ether oxygens (including phenoxy) is 1. The molecule has 4 rings (SSSR count). The molecule has 0 saturated heterocycles. The number of para-hydroxylation sites is 2. The summed E-state index contributed by atoms with van der Waals surface area (Å²) in [5, 5.41) is 8.80. The monoisotopic (exact) mass is 461 g/mol. The van der Waals surface area contributed by atoms with Crippen LogP contribution >= 0.6 is 11.3 Å². The van der Waals surface area contributed by atoms with Gasteiger partial charge < -0.3 is 20.4 Å².